The molecule has 0 unspecified atom stereocenters. The fourth-order valence-electron chi connectivity index (χ4n) is 1.42. The number of carbonyl (C=O) groups is 1. The molecule has 2 aromatic rings. The molecular weight excluding hydrogens is 214 g/mol. The predicted octanol–water partition coefficient (Wildman–Crippen LogP) is 2.67. The summed E-state index contributed by atoms with van der Waals surface area (Å²) in [5.41, 5.74) is 1.80. The predicted molar refractivity (Wildman–Crippen MR) is 67.5 cm³/mol. The average Bonchev–Trinajstić information content (AvgIpc) is 2.83. The lowest BCUT2D eigenvalue weighted by Gasteiger charge is -2.07. The molecule has 4 nitrogen and oxygen atoms in total. The molecule has 4 heteroatoms. The first-order valence-corrected chi connectivity index (χ1v) is 5.57. The maximum absolute atomic E-state index is 11.5. The number of H-pyrrole nitrogens is 1. The fraction of sp³-hybridized carbons (Fsp3) is 0.231. The van der Waals surface area contributed by atoms with Gasteiger partial charge in [0.2, 0.25) is 5.91 Å². The number of benzene rings is 1. The third-order valence-electron chi connectivity index (χ3n) is 2.45. The molecule has 1 amide bonds. The number of hydrogen-bond donors (Lipinski definition) is 2. The second kappa shape index (κ2) is 4.82. The number of rotatable bonds is 3. The normalized spacial score (nSPS) is 10.5. The van der Waals surface area contributed by atoms with Crippen molar-refractivity contribution >= 4 is 11.6 Å². The van der Waals surface area contributed by atoms with E-state index in [0.717, 1.165) is 17.1 Å². The summed E-state index contributed by atoms with van der Waals surface area (Å²) in [4.78, 5) is 18.7. The molecule has 0 saturated carbocycles. The van der Waals surface area contributed by atoms with E-state index in [4.69, 9.17) is 0 Å². The van der Waals surface area contributed by atoms with Crippen LogP contribution in [0.1, 0.15) is 13.8 Å². The molecule has 88 valence electrons. The Kier molecular flexibility index (Phi) is 3.23. The molecule has 1 aromatic carbocycles. The van der Waals surface area contributed by atoms with E-state index < -0.39 is 0 Å². The highest BCUT2D eigenvalue weighted by Crippen LogP contribution is 2.17. The number of carbonyl (C=O) groups excluding carboxylic acids is 1. The molecule has 0 atom stereocenters. The second-order valence-electron chi connectivity index (χ2n) is 4.16. The van der Waals surface area contributed by atoms with Gasteiger partial charge < -0.3 is 10.3 Å². The third kappa shape index (κ3) is 2.72. The summed E-state index contributed by atoms with van der Waals surface area (Å²) in [6, 6.07) is 7.60. The Bertz CT molecular complexity index is 486. The Morgan fingerprint density at radius 2 is 2.00 bits per heavy atom. The van der Waals surface area contributed by atoms with Gasteiger partial charge in [-0.1, -0.05) is 13.8 Å². The molecule has 17 heavy (non-hydrogen) atoms. The van der Waals surface area contributed by atoms with E-state index in [1.165, 1.54) is 0 Å². The maximum atomic E-state index is 11.5. The first-order valence-electron chi connectivity index (χ1n) is 5.57. The van der Waals surface area contributed by atoms with Crippen LogP contribution < -0.4 is 5.32 Å². The van der Waals surface area contributed by atoms with Gasteiger partial charge >= 0.3 is 0 Å². The molecule has 0 saturated heterocycles. The zero-order valence-corrected chi connectivity index (χ0v) is 9.90. The number of nitrogens with zero attached hydrogens (tertiary/aromatic N) is 1. The molecule has 2 rings (SSSR count). The maximum Gasteiger partial charge on any atom is 0.226 e. The highest BCUT2D eigenvalue weighted by atomic mass is 16.1. The van der Waals surface area contributed by atoms with Crippen molar-refractivity contribution in [3.8, 4) is 11.4 Å². The van der Waals surface area contributed by atoms with Gasteiger partial charge in [0.1, 0.15) is 5.82 Å². The van der Waals surface area contributed by atoms with Crippen molar-refractivity contribution in [2.24, 2.45) is 5.92 Å². The molecule has 1 heterocycles. The van der Waals surface area contributed by atoms with Crippen molar-refractivity contribution in [2.75, 3.05) is 5.32 Å². The van der Waals surface area contributed by atoms with Crippen LogP contribution in [0.5, 0.6) is 0 Å². The third-order valence-corrected chi connectivity index (χ3v) is 2.45. The molecule has 0 aliphatic rings. The molecule has 0 aliphatic heterocycles. The van der Waals surface area contributed by atoms with Gasteiger partial charge in [0.05, 0.1) is 0 Å². The number of anilines is 1. The lowest BCUT2D eigenvalue weighted by atomic mass is 10.1. The lowest BCUT2D eigenvalue weighted by Crippen LogP contribution is -2.17. The summed E-state index contributed by atoms with van der Waals surface area (Å²) in [6.07, 6.45) is 3.49. The Morgan fingerprint density at radius 1 is 1.29 bits per heavy atom. The molecule has 0 aliphatic carbocycles. The summed E-state index contributed by atoms with van der Waals surface area (Å²) < 4.78 is 0. The second-order valence-corrected chi connectivity index (χ2v) is 4.16. The Morgan fingerprint density at radius 3 is 2.53 bits per heavy atom. The highest BCUT2D eigenvalue weighted by Gasteiger charge is 2.07. The van der Waals surface area contributed by atoms with Crippen LogP contribution in [0.25, 0.3) is 11.4 Å². The van der Waals surface area contributed by atoms with E-state index in [0.29, 0.717) is 0 Å². The van der Waals surface area contributed by atoms with E-state index in [-0.39, 0.29) is 11.8 Å². The molecule has 0 spiro atoms. The Balaban J connectivity index is 2.11. The van der Waals surface area contributed by atoms with Crippen LogP contribution in [0.4, 0.5) is 5.69 Å². The zero-order chi connectivity index (χ0) is 12.3. The number of aromatic amines is 1. The van der Waals surface area contributed by atoms with Crippen LogP contribution in [-0.2, 0) is 4.79 Å². The lowest BCUT2D eigenvalue weighted by molar-refractivity contribution is -0.118. The summed E-state index contributed by atoms with van der Waals surface area (Å²) in [6.45, 7) is 3.74. The van der Waals surface area contributed by atoms with Crippen LogP contribution in [0, 0.1) is 5.92 Å². The first kappa shape index (κ1) is 11.4. The van der Waals surface area contributed by atoms with Gasteiger partial charge in [-0.15, -0.1) is 0 Å². The molecule has 2 N–H and O–H groups in total. The zero-order valence-electron chi connectivity index (χ0n) is 9.90. The molecule has 0 radical (unpaired) electrons. The van der Waals surface area contributed by atoms with Crippen molar-refractivity contribution in [1.29, 1.82) is 0 Å². The molecule has 1 aromatic heterocycles. The molecule has 0 bridgehead atoms. The first-order chi connectivity index (χ1) is 8.16. The van der Waals surface area contributed by atoms with Crippen LogP contribution in [-0.4, -0.2) is 15.9 Å². The van der Waals surface area contributed by atoms with Gasteiger partial charge in [0.25, 0.3) is 0 Å². The minimum absolute atomic E-state index is 0.0141. The van der Waals surface area contributed by atoms with Gasteiger partial charge in [-0.05, 0) is 24.3 Å². The van der Waals surface area contributed by atoms with Crippen LogP contribution in [0.3, 0.4) is 0 Å². The van der Waals surface area contributed by atoms with Crippen molar-refractivity contribution in [2.45, 2.75) is 13.8 Å². The number of hydrogen-bond acceptors (Lipinski definition) is 2. The fourth-order valence-corrected chi connectivity index (χ4v) is 1.42. The SMILES string of the molecule is CC(C)C(=O)Nc1ccc(-c2ncc[nH]2)cc1. The molecule has 0 fully saturated rings. The number of amides is 1. The van der Waals surface area contributed by atoms with Crippen molar-refractivity contribution in [3.63, 3.8) is 0 Å². The van der Waals surface area contributed by atoms with Crippen LogP contribution in [0.15, 0.2) is 36.7 Å². The van der Waals surface area contributed by atoms with Gasteiger partial charge in [-0.2, -0.15) is 0 Å². The van der Waals surface area contributed by atoms with E-state index in [1.54, 1.807) is 12.4 Å². The van der Waals surface area contributed by atoms with E-state index in [2.05, 4.69) is 15.3 Å². The number of aromatic nitrogens is 2. The van der Waals surface area contributed by atoms with Gasteiger partial charge in [-0.25, -0.2) is 4.98 Å². The quantitative estimate of drug-likeness (QED) is 0.850. The summed E-state index contributed by atoms with van der Waals surface area (Å²) >= 11 is 0. The van der Waals surface area contributed by atoms with E-state index in [1.807, 2.05) is 38.1 Å². The molecular formula is C13H15N3O. The van der Waals surface area contributed by atoms with E-state index in [9.17, 15) is 4.79 Å². The van der Waals surface area contributed by atoms with Crippen molar-refractivity contribution < 1.29 is 4.79 Å². The highest BCUT2D eigenvalue weighted by molar-refractivity contribution is 5.92. The topological polar surface area (TPSA) is 57.8 Å². The van der Waals surface area contributed by atoms with Gasteiger partial charge in [0.15, 0.2) is 0 Å². The van der Waals surface area contributed by atoms with Crippen molar-refractivity contribution in [1.82, 2.24) is 9.97 Å². The van der Waals surface area contributed by atoms with Crippen LogP contribution >= 0.6 is 0 Å². The monoisotopic (exact) mass is 229 g/mol. The Labute approximate surface area is 100 Å². The van der Waals surface area contributed by atoms with Gasteiger partial charge in [0, 0.05) is 29.6 Å². The number of nitrogens with one attached hydrogen (secondary N) is 2. The standard InChI is InChI=1S/C13H15N3O/c1-9(2)13(17)16-11-5-3-10(4-6-11)12-14-7-8-15-12/h3-9H,1-2H3,(H,14,15)(H,16,17). The number of imidazole rings is 1. The minimum Gasteiger partial charge on any atom is -0.345 e. The Hall–Kier alpha value is -2.10. The minimum atomic E-state index is -0.0141. The summed E-state index contributed by atoms with van der Waals surface area (Å²) in [7, 11) is 0. The van der Waals surface area contributed by atoms with E-state index >= 15 is 0 Å². The summed E-state index contributed by atoms with van der Waals surface area (Å²) in [5, 5.41) is 2.84. The smallest absolute Gasteiger partial charge is 0.226 e. The van der Waals surface area contributed by atoms with Gasteiger partial charge in [-0.3, -0.25) is 4.79 Å². The van der Waals surface area contributed by atoms with Crippen LogP contribution in [0.2, 0.25) is 0 Å². The average molecular weight is 229 g/mol. The van der Waals surface area contributed by atoms with Crippen molar-refractivity contribution in [3.05, 3.63) is 36.7 Å². The summed E-state index contributed by atoms with van der Waals surface area (Å²) in [5.74, 6) is 0.835. The largest absolute Gasteiger partial charge is 0.345 e.